The summed E-state index contributed by atoms with van der Waals surface area (Å²) in [6.07, 6.45) is 0. The van der Waals surface area contributed by atoms with Crippen molar-refractivity contribution >= 4 is 17.3 Å². The van der Waals surface area contributed by atoms with E-state index in [4.69, 9.17) is 22.1 Å². The predicted molar refractivity (Wildman–Crippen MR) is 85.8 cm³/mol. The average molecular weight is 290 g/mol. The van der Waals surface area contributed by atoms with E-state index >= 15 is 0 Å². The van der Waals surface area contributed by atoms with E-state index in [1.54, 1.807) is 6.07 Å². The van der Waals surface area contributed by atoms with E-state index in [0.717, 1.165) is 22.6 Å². The summed E-state index contributed by atoms with van der Waals surface area (Å²) in [6.45, 7) is 8.45. The number of anilines is 1. The van der Waals surface area contributed by atoms with Gasteiger partial charge in [0.15, 0.2) is 0 Å². The second kappa shape index (κ2) is 5.37. The molecular formula is C17H20ClNO. The number of rotatable bonds is 2. The second-order valence-corrected chi connectivity index (χ2v) is 6.39. The lowest BCUT2D eigenvalue weighted by Gasteiger charge is -2.23. The van der Waals surface area contributed by atoms with Crippen molar-refractivity contribution < 1.29 is 4.74 Å². The maximum atomic E-state index is 6.08. The Morgan fingerprint density at radius 2 is 1.70 bits per heavy atom. The summed E-state index contributed by atoms with van der Waals surface area (Å²) in [6, 6.07) is 11.7. The first-order valence-electron chi connectivity index (χ1n) is 6.62. The fraction of sp³-hybridized carbons (Fsp3) is 0.294. The summed E-state index contributed by atoms with van der Waals surface area (Å²) in [5, 5.41) is 0.513. The van der Waals surface area contributed by atoms with E-state index in [-0.39, 0.29) is 5.41 Å². The van der Waals surface area contributed by atoms with Crippen LogP contribution >= 0.6 is 11.6 Å². The van der Waals surface area contributed by atoms with E-state index < -0.39 is 0 Å². The number of halogens is 1. The minimum absolute atomic E-state index is 0.0160. The van der Waals surface area contributed by atoms with Crippen molar-refractivity contribution in [3.63, 3.8) is 0 Å². The zero-order chi connectivity index (χ0) is 14.9. The minimum atomic E-state index is 0.0160. The highest BCUT2D eigenvalue weighted by atomic mass is 35.5. The normalized spacial score (nSPS) is 11.4. The number of benzene rings is 2. The smallest absolute Gasteiger partial charge is 0.131 e. The number of hydrogen-bond donors (Lipinski definition) is 1. The Bertz CT molecular complexity index is 629. The Morgan fingerprint density at radius 1 is 1.05 bits per heavy atom. The molecule has 106 valence electrons. The topological polar surface area (TPSA) is 35.2 Å². The Balaban J connectivity index is 2.43. The van der Waals surface area contributed by atoms with Crippen LogP contribution in [0.3, 0.4) is 0 Å². The quantitative estimate of drug-likeness (QED) is 0.759. The van der Waals surface area contributed by atoms with Gasteiger partial charge in [0.1, 0.15) is 11.5 Å². The maximum Gasteiger partial charge on any atom is 0.131 e. The molecule has 0 saturated heterocycles. The maximum absolute atomic E-state index is 6.08. The molecule has 0 saturated carbocycles. The van der Waals surface area contributed by atoms with Crippen LogP contribution in [0.1, 0.15) is 31.9 Å². The van der Waals surface area contributed by atoms with E-state index in [0.29, 0.717) is 10.7 Å². The van der Waals surface area contributed by atoms with Gasteiger partial charge in [0, 0.05) is 11.6 Å². The number of para-hydroxylation sites is 1. The number of ether oxygens (including phenoxy) is 1. The SMILES string of the molecule is Cc1cc(N)c(Cl)cc1Oc1ccccc1C(C)(C)C. The monoisotopic (exact) mass is 289 g/mol. The molecule has 2 aromatic rings. The lowest BCUT2D eigenvalue weighted by Crippen LogP contribution is -2.12. The third kappa shape index (κ3) is 3.07. The third-order valence-electron chi connectivity index (χ3n) is 3.21. The molecule has 2 aromatic carbocycles. The molecule has 2 rings (SSSR count). The first kappa shape index (κ1) is 14.7. The molecule has 0 aliphatic rings. The van der Waals surface area contributed by atoms with Crippen molar-refractivity contribution in [2.24, 2.45) is 0 Å². The molecule has 0 heterocycles. The van der Waals surface area contributed by atoms with Crippen LogP contribution in [0.4, 0.5) is 5.69 Å². The van der Waals surface area contributed by atoms with Gasteiger partial charge in [0.05, 0.1) is 10.7 Å². The van der Waals surface area contributed by atoms with Crippen molar-refractivity contribution in [3.8, 4) is 11.5 Å². The van der Waals surface area contributed by atoms with Gasteiger partial charge in [-0.1, -0.05) is 50.6 Å². The van der Waals surface area contributed by atoms with Crippen LogP contribution in [-0.4, -0.2) is 0 Å². The van der Waals surface area contributed by atoms with E-state index in [1.807, 2.05) is 31.2 Å². The Hall–Kier alpha value is -1.67. The first-order valence-corrected chi connectivity index (χ1v) is 7.00. The molecule has 3 heteroatoms. The lowest BCUT2D eigenvalue weighted by molar-refractivity contribution is 0.452. The zero-order valence-corrected chi connectivity index (χ0v) is 13.1. The lowest BCUT2D eigenvalue weighted by atomic mass is 9.86. The summed E-state index contributed by atoms with van der Waals surface area (Å²) >= 11 is 6.08. The Kier molecular flexibility index (Phi) is 3.96. The van der Waals surface area contributed by atoms with Crippen LogP contribution < -0.4 is 10.5 Å². The van der Waals surface area contributed by atoms with Gasteiger partial charge in [0.2, 0.25) is 0 Å². The fourth-order valence-corrected chi connectivity index (χ4v) is 2.24. The van der Waals surface area contributed by atoms with Gasteiger partial charge in [-0.3, -0.25) is 0 Å². The summed E-state index contributed by atoms with van der Waals surface area (Å²) in [7, 11) is 0. The van der Waals surface area contributed by atoms with Crippen LogP contribution in [0.25, 0.3) is 0 Å². The summed E-state index contributed by atoms with van der Waals surface area (Å²) in [4.78, 5) is 0. The van der Waals surface area contributed by atoms with Crippen molar-refractivity contribution in [1.82, 2.24) is 0 Å². The van der Waals surface area contributed by atoms with Crippen LogP contribution in [-0.2, 0) is 5.41 Å². The zero-order valence-electron chi connectivity index (χ0n) is 12.3. The highest BCUT2D eigenvalue weighted by Gasteiger charge is 2.19. The summed E-state index contributed by atoms with van der Waals surface area (Å²) in [5.41, 5.74) is 8.51. The highest BCUT2D eigenvalue weighted by Crippen LogP contribution is 2.36. The highest BCUT2D eigenvalue weighted by molar-refractivity contribution is 6.33. The molecule has 0 spiro atoms. The summed E-state index contributed by atoms with van der Waals surface area (Å²) < 4.78 is 6.06. The minimum Gasteiger partial charge on any atom is -0.457 e. The van der Waals surface area contributed by atoms with Crippen LogP contribution in [0, 0.1) is 6.92 Å². The van der Waals surface area contributed by atoms with E-state index in [1.165, 1.54) is 0 Å². The van der Waals surface area contributed by atoms with Gasteiger partial charge in [0.25, 0.3) is 0 Å². The molecule has 0 fully saturated rings. The molecule has 20 heavy (non-hydrogen) atoms. The Labute approximate surface area is 125 Å². The van der Waals surface area contributed by atoms with Crippen molar-refractivity contribution in [3.05, 3.63) is 52.5 Å². The molecule has 0 radical (unpaired) electrons. The fourth-order valence-electron chi connectivity index (χ4n) is 2.09. The van der Waals surface area contributed by atoms with Gasteiger partial charge >= 0.3 is 0 Å². The molecule has 0 aliphatic heterocycles. The number of nitrogen functional groups attached to an aromatic ring is 1. The van der Waals surface area contributed by atoms with Crippen LogP contribution in [0.2, 0.25) is 5.02 Å². The molecular weight excluding hydrogens is 270 g/mol. The number of hydrogen-bond acceptors (Lipinski definition) is 2. The van der Waals surface area contributed by atoms with E-state index in [2.05, 4.69) is 26.8 Å². The molecule has 0 amide bonds. The Morgan fingerprint density at radius 3 is 2.35 bits per heavy atom. The largest absolute Gasteiger partial charge is 0.457 e. The molecule has 0 bridgehead atoms. The van der Waals surface area contributed by atoms with Gasteiger partial charge in [-0.2, -0.15) is 0 Å². The van der Waals surface area contributed by atoms with E-state index in [9.17, 15) is 0 Å². The van der Waals surface area contributed by atoms with Gasteiger partial charge < -0.3 is 10.5 Å². The average Bonchev–Trinajstić information content (AvgIpc) is 2.35. The molecule has 2 N–H and O–H groups in total. The number of nitrogens with two attached hydrogens (primary N) is 1. The van der Waals surface area contributed by atoms with Crippen molar-refractivity contribution in [1.29, 1.82) is 0 Å². The first-order chi connectivity index (χ1) is 9.29. The molecule has 0 aliphatic carbocycles. The predicted octanol–water partition coefficient (Wildman–Crippen LogP) is 5.32. The third-order valence-corrected chi connectivity index (χ3v) is 3.54. The van der Waals surface area contributed by atoms with Gasteiger partial charge in [-0.25, -0.2) is 0 Å². The van der Waals surface area contributed by atoms with Gasteiger partial charge in [-0.05, 0) is 30.0 Å². The van der Waals surface area contributed by atoms with Crippen LogP contribution in [0.5, 0.6) is 11.5 Å². The van der Waals surface area contributed by atoms with Crippen LogP contribution in [0.15, 0.2) is 36.4 Å². The summed E-state index contributed by atoms with van der Waals surface area (Å²) in [5.74, 6) is 1.59. The standard InChI is InChI=1S/C17H20ClNO/c1-11-9-14(19)13(18)10-16(11)20-15-8-6-5-7-12(15)17(2,3)4/h5-10H,19H2,1-4H3. The van der Waals surface area contributed by atoms with Crippen molar-refractivity contribution in [2.45, 2.75) is 33.1 Å². The molecule has 0 unspecified atom stereocenters. The molecule has 2 nitrogen and oxygen atoms in total. The molecule has 0 atom stereocenters. The molecule has 0 aromatic heterocycles. The second-order valence-electron chi connectivity index (χ2n) is 5.99. The van der Waals surface area contributed by atoms with Crippen molar-refractivity contribution in [2.75, 3.05) is 5.73 Å². The number of aryl methyl sites for hydroxylation is 1. The van der Waals surface area contributed by atoms with Gasteiger partial charge in [-0.15, -0.1) is 0 Å².